The fourth-order valence-corrected chi connectivity index (χ4v) is 3.75. The van der Waals surface area contributed by atoms with Gasteiger partial charge in [-0.05, 0) is 37.6 Å². The van der Waals surface area contributed by atoms with Crippen LogP contribution in [0.3, 0.4) is 0 Å². The summed E-state index contributed by atoms with van der Waals surface area (Å²) in [5.41, 5.74) is 0. The summed E-state index contributed by atoms with van der Waals surface area (Å²) in [6, 6.07) is 4.07. The van der Waals surface area contributed by atoms with Crippen LogP contribution in [0.25, 0.3) is 0 Å². The second-order valence-corrected chi connectivity index (χ2v) is 7.54. The van der Waals surface area contributed by atoms with Crippen molar-refractivity contribution >= 4 is 21.7 Å². The summed E-state index contributed by atoms with van der Waals surface area (Å²) in [5, 5.41) is 2.66. The second kappa shape index (κ2) is 7.08. The first-order chi connectivity index (χ1) is 10.8. The van der Waals surface area contributed by atoms with Crippen molar-refractivity contribution in [3.05, 3.63) is 30.1 Å². The lowest BCUT2D eigenvalue weighted by Gasteiger charge is -2.32. The molecule has 126 valence electrons. The van der Waals surface area contributed by atoms with E-state index in [0.717, 1.165) is 12.1 Å². The van der Waals surface area contributed by atoms with Gasteiger partial charge in [0.1, 0.15) is 11.9 Å². The molecular formula is C15H19FN2O4S. The molecule has 1 aliphatic rings. The normalized spacial score (nSPS) is 18.6. The van der Waals surface area contributed by atoms with Crippen LogP contribution < -0.4 is 5.32 Å². The highest BCUT2D eigenvalue weighted by Crippen LogP contribution is 2.14. The van der Waals surface area contributed by atoms with E-state index in [1.807, 2.05) is 0 Å². The maximum Gasteiger partial charge on any atom is 0.242 e. The van der Waals surface area contributed by atoms with Crippen LogP contribution in [0, 0.1) is 5.82 Å². The van der Waals surface area contributed by atoms with Crippen molar-refractivity contribution in [2.75, 3.05) is 18.8 Å². The molecule has 0 radical (unpaired) electrons. The largest absolute Gasteiger partial charge is 0.353 e. The Bertz CT molecular complexity index is 688. The Kier molecular flexibility index (Phi) is 5.35. The van der Waals surface area contributed by atoms with Gasteiger partial charge in [0.2, 0.25) is 11.8 Å². The van der Waals surface area contributed by atoms with E-state index in [1.165, 1.54) is 17.0 Å². The number of sulfone groups is 1. The quantitative estimate of drug-likeness (QED) is 0.800. The van der Waals surface area contributed by atoms with E-state index in [1.54, 1.807) is 6.92 Å². The van der Waals surface area contributed by atoms with Crippen molar-refractivity contribution < 1.29 is 22.4 Å². The molecule has 1 unspecified atom stereocenters. The highest BCUT2D eigenvalue weighted by molar-refractivity contribution is 7.91. The topological polar surface area (TPSA) is 83.6 Å². The maximum absolute atomic E-state index is 12.8. The first kappa shape index (κ1) is 17.4. The highest BCUT2D eigenvalue weighted by Gasteiger charge is 2.29. The summed E-state index contributed by atoms with van der Waals surface area (Å²) in [5.74, 6) is -1.14. The molecule has 0 saturated carbocycles. The molecule has 1 heterocycles. The van der Waals surface area contributed by atoms with Gasteiger partial charge in [-0.15, -0.1) is 0 Å². The highest BCUT2D eigenvalue weighted by atomic mass is 32.2. The van der Waals surface area contributed by atoms with Gasteiger partial charge < -0.3 is 10.2 Å². The third kappa shape index (κ3) is 4.28. The number of piperazine rings is 1. The summed E-state index contributed by atoms with van der Waals surface area (Å²) >= 11 is 0. The molecule has 6 nitrogen and oxygen atoms in total. The van der Waals surface area contributed by atoms with Gasteiger partial charge >= 0.3 is 0 Å². The summed E-state index contributed by atoms with van der Waals surface area (Å²) in [4.78, 5) is 25.1. The number of nitrogens with zero attached hydrogens (tertiary/aromatic N) is 1. The molecule has 8 heteroatoms. The molecule has 0 spiro atoms. The Labute approximate surface area is 134 Å². The average Bonchev–Trinajstić information content (AvgIpc) is 2.50. The van der Waals surface area contributed by atoms with Crippen molar-refractivity contribution in [2.45, 2.75) is 30.7 Å². The Morgan fingerprint density at radius 1 is 1.35 bits per heavy atom. The monoisotopic (exact) mass is 342 g/mol. The third-order valence-corrected chi connectivity index (χ3v) is 5.61. The number of amides is 2. The van der Waals surface area contributed by atoms with Crippen LogP contribution in [0.4, 0.5) is 4.39 Å². The summed E-state index contributed by atoms with van der Waals surface area (Å²) < 4.78 is 37.0. The number of rotatable bonds is 5. The third-order valence-electron chi connectivity index (χ3n) is 3.80. The SMILES string of the molecule is CC1C(=O)NCCN1C(=O)CCCS(=O)(=O)c1ccc(F)cc1. The van der Waals surface area contributed by atoms with E-state index in [2.05, 4.69) is 5.32 Å². The predicted octanol–water partition coefficient (Wildman–Crippen LogP) is 0.726. The molecule has 1 fully saturated rings. The van der Waals surface area contributed by atoms with Gasteiger partial charge in [0.05, 0.1) is 10.6 Å². The zero-order chi connectivity index (χ0) is 17.0. The Morgan fingerprint density at radius 2 is 2.00 bits per heavy atom. The van der Waals surface area contributed by atoms with Crippen LogP contribution in [0.5, 0.6) is 0 Å². The lowest BCUT2D eigenvalue weighted by Crippen LogP contribution is -2.55. The number of carbonyl (C=O) groups is 2. The lowest BCUT2D eigenvalue weighted by atomic mass is 10.2. The first-order valence-corrected chi connectivity index (χ1v) is 9.02. The first-order valence-electron chi connectivity index (χ1n) is 7.37. The maximum atomic E-state index is 12.8. The Balaban J connectivity index is 1.90. The molecule has 0 aromatic heterocycles. The minimum Gasteiger partial charge on any atom is -0.353 e. The molecule has 0 bridgehead atoms. The van der Waals surface area contributed by atoms with E-state index >= 15 is 0 Å². The smallest absolute Gasteiger partial charge is 0.242 e. The van der Waals surface area contributed by atoms with Crippen LogP contribution in [0.2, 0.25) is 0 Å². The average molecular weight is 342 g/mol. The minimum atomic E-state index is -3.54. The molecular weight excluding hydrogens is 323 g/mol. The molecule has 23 heavy (non-hydrogen) atoms. The standard InChI is InChI=1S/C15H19FN2O4S/c1-11-15(20)17-8-9-18(11)14(19)3-2-10-23(21,22)13-6-4-12(16)5-7-13/h4-7,11H,2-3,8-10H2,1H3,(H,17,20). The molecule has 2 amide bonds. The molecule has 1 N–H and O–H groups in total. The van der Waals surface area contributed by atoms with Gasteiger partial charge in [0, 0.05) is 19.5 Å². The molecule has 2 rings (SSSR count). The van der Waals surface area contributed by atoms with Gasteiger partial charge in [0.15, 0.2) is 9.84 Å². The van der Waals surface area contributed by atoms with Crippen LogP contribution >= 0.6 is 0 Å². The Morgan fingerprint density at radius 3 is 2.65 bits per heavy atom. The van der Waals surface area contributed by atoms with Gasteiger partial charge in [-0.1, -0.05) is 0 Å². The van der Waals surface area contributed by atoms with Gasteiger partial charge in [0.25, 0.3) is 0 Å². The van der Waals surface area contributed by atoms with Crippen LogP contribution in [-0.4, -0.2) is 50.0 Å². The zero-order valence-electron chi connectivity index (χ0n) is 12.8. The Hall–Kier alpha value is -1.96. The minimum absolute atomic E-state index is 0.0390. The van der Waals surface area contributed by atoms with Gasteiger partial charge in [-0.2, -0.15) is 0 Å². The predicted molar refractivity (Wildman–Crippen MR) is 81.9 cm³/mol. The van der Waals surface area contributed by atoms with E-state index in [9.17, 15) is 22.4 Å². The van der Waals surface area contributed by atoms with E-state index < -0.39 is 21.7 Å². The lowest BCUT2D eigenvalue weighted by molar-refractivity contribution is -0.142. The fourth-order valence-electron chi connectivity index (χ4n) is 2.44. The number of nitrogens with one attached hydrogen (secondary N) is 1. The number of hydrogen-bond acceptors (Lipinski definition) is 4. The molecule has 1 aliphatic heterocycles. The molecule has 0 aliphatic carbocycles. The molecule has 1 atom stereocenters. The van der Waals surface area contributed by atoms with Crippen LogP contribution in [0.15, 0.2) is 29.2 Å². The van der Waals surface area contributed by atoms with Gasteiger partial charge in [-0.25, -0.2) is 12.8 Å². The number of carbonyl (C=O) groups excluding carboxylic acids is 2. The van der Waals surface area contributed by atoms with Gasteiger partial charge in [-0.3, -0.25) is 9.59 Å². The van der Waals surface area contributed by atoms with Crippen molar-refractivity contribution in [1.29, 1.82) is 0 Å². The van der Waals surface area contributed by atoms with Crippen LogP contribution in [-0.2, 0) is 19.4 Å². The fraction of sp³-hybridized carbons (Fsp3) is 0.467. The molecule has 1 aromatic carbocycles. The van der Waals surface area contributed by atoms with E-state index in [4.69, 9.17) is 0 Å². The molecule has 1 aromatic rings. The second-order valence-electron chi connectivity index (χ2n) is 5.43. The van der Waals surface area contributed by atoms with Crippen molar-refractivity contribution in [1.82, 2.24) is 10.2 Å². The van der Waals surface area contributed by atoms with Crippen molar-refractivity contribution in [3.63, 3.8) is 0 Å². The number of hydrogen-bond donors (Lipinski definition) is 1. The summed E-state index contributed by atoms with van der Waals surface area (Å²) in [7, 11) is -3.54. The number of halogens is 1. The van der Waals surface area contributed by atoms with Crippen molar-refractivity contribution in [3.8, 4) is 0 Å². The number of benzene rings is 1. The summed E-state index contributed by atoms with van der Waals surface area (Å²) in [6.07, 6.45) is 0.210. The van der Waals surface area contributed by atoms with E-state index in [0.29, 0.717) is 13.1 Å². The summed E-state index contributed by atoms with van der Waals surface area (Å²) in [6.45, 7) is 2.47. The van der Waals surface area contributed by atoms with Crippen molar-refractivity contribution in [2.24, 2.45) is 0 Å². The molecule has 1 saturated heterocycles. The van der Waals surface area contributed by atoms with E-state index in [-0.39, 0.29) is 35.3 Å². The zero-order valence-corrected chi connectivity index (χ0v) is 13.6. The van der Waals surface area contributed by atoms with Crippen LogP contribution in [0.1, 0.15) is 19.8 Å².